The van der Waals surface area contributed by atoms with Gasteiger partial charge in [-0.2, -0.15) is 0 Å². The monoisotopic (exact) mass is 178 g/mol. The molecule has 0 N–H and O–H groups in total. The van der Waals surface area contributed by atoms with Gasteiger partial charge in [0.1, 0.15) is 0 Å². The van der Waals surface area contributed by atoms with Crippen molar-refractivity contribution in [3.8, 4) is 0 Å². The van der Waals surface area contributed by atoms with Gasteiger partial charge >= 0.3 is 6.09 Å². The van der Waals surface area contributed by atoms with Crippen LogP contribution in [0.1, 0.15) is 6.92 Å². The highest BCUT2D eigenvalue weighted by Gasteiger charge is 2.12. The van der Waals surface area contributed by atoms with E-state index in [1.165, 1.54) is 7.11 Å². The summed E-state index contributed by atoms with van der Waals surface area (Å²) in [5, 5.41) is 0. The van der Waals surface area contributed by atoms with E-state index in [0.717, 1.165) is 5.69 Å². The molecule has 0 bridgehead atoms. The number of hydrogen-bond acceptors (Lipinski definition) is 2. The molecule has 0 spiro atoms. The molecule has 1 rings (SSSR count). The molecule has 13 heavy (non-hydrogen) atoms. The van der Waals surface area contributed by atoms with E-state index in [1.54, 1.807) is 17.0 Å². The zero-order chi connectivity index (χ0) is 9.68. The minimum absolute atomic E-state index is 0.339. The van der Waals surface area contributed by atoms with Gasteiger partial charge in [0.2, 0.25) is 0 Å². The maximum Gasteiger partial charge on any atom is 0.413 e. The van der Waals surface area contributed by atoms with Crippen LogP contribution >= 0.6 is 0 Å². The van der Waals surface area contributed by atoms with E-state index in [9.17, 15) is 4.79 Å². The molecular formula is C10H12NO2. The molecule has 1 radical (unpaired) electrons. The number of carbonyl (C=O) groups is 1. The Balaban J connectivity index is 2.85. The van der Waals surface area contributed by atoms with Gasteiger partial charge in [-0.3, -0.25) is 4.90 Å². The number of hydrogen-bond donors (Lipinski definition) is 0. The summed E-state index contributed by atoms with van der Waals surface area (Å²) in [4.78, 5) is 12.8. The molecule has 0 aliphatic carbocycles. The first kappa shape index (κ1) is 9.58. The Morgan fingerprint density at radius 3 is 2.62 bits per heavy atom. The van der Waals surface area contributed by atoms with Crippen molar-refractivity contribution < 1.29 is 9.53 Å². The number of nitrogens with zero attached hydrogens (tertiary/aromatic N) is 1. The normalized spacial score (nSPS) is 9.38. The number of amides is 1. The van der Waals surface area contributed by atoms with E-state index in [2.05, 4.69) is 10.8 Å². The number of benzene rings is 1. The third-order valence-corrected chi connectivity index (χ3v) is 1.72. The van der Waals surface area contributed by atoms with Crippen LogP contribution in [0.5, 0.6) is 0 Å². The second-order valence-corrected chi connectivity index (χ2v) is 2.47. The minimum atomic E-state index is -0.339. The number of methoxy groups -OCH3 is 1. The molecule has 1 aromatic rings. The van der Waals surface area contributed by atoms with Gasteiger partial charge in [0.25, 0.3) is 0 Å². The van der Waals surface area contributed by atoms with Crippen molar-refractivity contribution in [2.75, 3.05) is 18.6 Å². The van der Waals surface area contributed by atoms with Crippen LogP contribution in [0.15, 0.2) is 24.3 Å². The standard InChI is InChI=1S/C10H12NO2/c1-3-11(10(12)13-2)9-7-5-4-6-8-9/h5-8H,3H2,1-2H3. The van der Waals surface area contributed by atoms with E-state index in [4.69, 9.17) is 0 Å². The number of anilines is 1. The second kappa shape index (κ2) is 4.50. The van der Waals surface area contributed by atoms with Crippen molar-refractivity contribution in [3.63, 3.8) is 0 Å². The molecule has 0 heterocycles. The van der Waals surface area contributed by atoms with E-state index in [0.29, 0.717) is 6.54 Å². The van der Waals surface area contributed by atoms with Gasteiger partial charge in [0.15, 0.2) is 0 Å². The lowest BCUT2D eigenvalue weighted by Gasteiger charge is -2.18. The zero-order valence-electron chi connectivity index (χ0n) is 7.78. The second-order valence-electron chi connectivity index (χ2n) is 2.47. The Labute approximate surface area is 77.9 Å². The Morgan fingerprint density at radius 2 is 2.15 bits per heavy atom. The SMILES string of the molecule is CCN(C(=O)OC)c1cc[c]cc1. The van der Waals surface area contributed by atoms with Crippen LogP contribution in [0, 0.1) is 6.07 Å². The van der Waals surface area contributed by atoms with Crippen molar-refractivity contribution in [1.82, 2.24) is 0 Å². The van der Waals surface area contributed by atoms with E-state index >= 15 is 0 Å². The quantitative estimate of drug-likeness (QED) is 0.693. The topological polar surface area (TPSA) is 29.5 Å². The van der Waals surface area contributed by atoms with Crippen LogP contribution in [0.2, 0.25) is 0 Å². The highest BCUT2D eigenvalue weighted by Crippen LogP contribution is 2.13. The zero-order valence-corrected chi connectivity index (χ0v) is 7.78. The van der Waals surface area contributed by atoms with Gasteiger partial charge in [0.05, 0.1) is 7.11 Å². The summed E-state index contributed by atoms with van der Waals surface area (Å²) in [5.74, 6) is 0. The van der Waals surface area contributed by atoms with Gasteiger partial charge in [-0.1, -0.05) is 12.1 Å². The van der Waals surface area contributed by atoms with Gasteiger partial charge in [-0.25, -0.2) is 4.79 Å². The van der Waals surface area contributed by atoms with E-state index in [1.807, 2.05) is 19.1 Å². The first-order valence-corrected chi connectivity index (χ1v) is 4.11. The van der Waals surface area contributed by atoms with Crippen LogP contribution < -0.4 is 4.90 Å². The average molecular weight is 178 g/mol. The average Bonchev–Trinajstić information content (AvgIpc) is 2.20. The van der Waals surface area contributed by atoms with E-state index < -0.39 is 0 Å². The largest absolute Gasteiger partial charge is 0.452 e. The van der Waals surface area contributed by atoms with Crippen LogP contribution in [0.25, 0.3) is 0 Å². The Bertz CT molecular complexity index is 272. The molecule has 3 nitrogen and oxygen atoms in total. The minimum Gasteiger partial charge on any atom is -0.452 e. The van der Waals surface area contributed by atoms with Crippen LogP contribution in [-0.2, 0) is 4.74 Å². The first-order chi connectivity index (χ1) is 6.29. The lowest BCUT2D eigenvalue weighted by Crippen LogP contribution is -2.30. The Hall–Kier alpha value is -1.51. The number of rotatable bonds is 2. The van der Waals surface area contributed by atoms with E-state index in [-0.39, 0.29) is 6.09 Å². The molecule has 0 fully saturated rings. The maximum absolute atomic E-state index is 11.2. The smallest absolute Gasteiger partial charge is 0.413 e. The summed E-state index contributed by atoms with van der Waals surface area (Å²) in [5.41, 5.74) is 0.827. The van der Waals surface area contributed by atoms with Crippen molar-refractivity contribution in [1.29, 1.82) is 0 Å². The highest BCUT2D eigenvalue weighted by atomic mass is 16.5. The number of ether oxygens (including phenoxy) is 1. The fourth-order valence-corrected chi connectivity index (χ4v) is 1.09. The van der Waals surface area contributed by atoms with Crippen molar-refractivity contribution in [2.45, 2.75) is 6.92 Å². The molecule has 0 saturated heterocycles. The molecular weight excluding hydrogens is 166 g/mol. The fourth-order valence-electron chi connectivity index (χ4n) is 1.09. The molecule has 0 saturated carbocycles. The summed E-state index contributed by atoms with van der Waals surface area (Å²) in [6.07, 6.45) is -0.339. The lowest BCUT2D eigenvalue weighted by atomic mass is 10.3. The Kier molecular flexibility index (Phi) is 3.31. The summed E-state index contributed by atoms with van der Waals surface area (Å²) in [7, 11) is 1.38. The molecule has 0 atom stereocenters. The summed E-state index contributed by atoms with van der Waals surface area (Å²) in [6.45, 7) is 2.49. The third kappa shape index (κ3) is 2.21. The molecule has 1 amide bonds. The molecule has 3 heteroatoms. The van der Waals surface area contributed by atoms with Gasteiger partial charge in [-0.05, 0) is 25.1 Å². The maximum atomic E-state index is 11.2. The predicted octanol–water partition coefficient (Wildman–Crippen LogP) is 2.08. The van der Waals surface area contributed by atoms with Crippen molar-refractivity contribution in [3.05, 3.63) is 30.3 Å². The lowest BCUT2D eigenvalue weighted by molar-refractivity contribution is 0.179. The molecule has 69 valence electrons. The molecule has 1 aromatic carbocycles. The summed E-state index contributed by atoms with van der Waals surface area (Å²) < 4.78 is 4.63. The predicted molar refractivity (Wildman–Crippen MR) is 50.7 cm³/mol. The van der Waals surface area contributed by atoms with Crippen molar-refractivity contribution >= 4 is 11.8 Å². The Morgan fingerprint density at radius 1 is 1.54 bits per heavy atom. The summed E-state index contributed by atoms with van der Waals surface area (Å²) >= 11 is 0. The molecule has 0 aliphatic heterocycles. The fraction of sp³-hybridized carbons (Fsp3) is 0.300. The van der Waals surface area contributed by atoms with Crippen LogP contribution in [0.3, 0.4) is 0 Å². The summed E-state index contributed by atoms with van der Waals surface area (Å²) in [6, 6.07) is 10.1. The van der Waals surface area contributed by atoms with Crippen LogP contribution in [-0.4, -0.2) is 19.7 Å². The first-order valence-electron chi connectivity index (χ1n) is 4.11. The van der Waals surface area contributed by atoms with Gasteiger partial charge < -0.3 is 4.74 Å². The van der Waals surface area contributed by atoms with Crippen LogP contribution in [0.4, 0.5) is 10.5 Å². The molecule has 0 aromatic heterocycles. The highest BCUT2D eigenvalue weighted by molar-refractivity contribution is 5.87. The van der Waals surface area contributed by atoms with Gasteiger partial charge in [-0.15, -0.1) is 0 Å². The van der Waals surface area contributed by atoms with Gasteiger partial charge in [0, 0.05) is 12.2 Å². The number of carbonyl (C=O) groups excluding carboxylic acids is 1. The molecule has 0 unspecified atom stereocenters. The van der Waals surface area contributed by atoms with Crippen molar-refractivity contribution in [2.24, 2.45) is 0 Å². The molecule has 0 aliphatic rings. The third-order valence-electron chi connectivity index (χ3n) is 1.72.